The number of anilines is 1. The summed E-state index contributed by atoms with van der Waals surface area (Å²) in [7, 11) is 2.14. The van der Waals surface area contributed by atoms with Crippen molar-refractivity contribution in [1.82, 2.24) is 0 Å². The largest absolute Gasteiger partial charge is 0.389 e. The van der Waals surface area contributed by atoms with E-state index in [0.717, 1.165) is 18.0 Å². The molecule has 1 aliphatic carbocycles. The third-order valence-electron chi connectivity index (χ3n) is 3.16. The molecule has 1 aromatic rings. The zero-order chi connectivity index (χ0) is 11.5. The van der Waals surface area contributed by atoms with Gasteiger partial charge in [0.05, 0.1) is 0 Å². The van der Waals surface area contributed by atoms with E-state index in [1.165, 1.54) is 24.9 Å². The lowest BCUT2D eigenvalue weighted by atomic mass is 10.2. The third-order valence-corrected chi connectivity index (χ3v) is 3.40. The molecule has 0 bridgehead atoms. The molecular weight excluding hydrogens is 216 g/mol. The second kappa shape index (κ2) is 4.83. The van der Waals surface area contributed by atoms with Crippen LogP contribution >= 0.6 is 12.2 Å². The van der Waals surface area contributed by atoms with E-state index in [2.05, 4.69) is 24.1 Å². The van der Waals surface area contributed by atoms with Crippen molar-refractivity contribution in [2.75, 3.05) is 18.5 Å². The molecule has 0 heterocycles. The van der Waals surface area contributed by atoms with E-state index in [4.69, 9.17) is 18.0 Å². The Hall–Kier alpha value is -1.09. The minimum Gasteiger partial charge on any atom is -0.389 e. The van der Waals surface area contributed by atoms with Crippen molar-refractivity contribution in [1.29, 1.82) is 0 Å². The van der Waals surface area contributed by atoms with Crippen molar-refractivity contribution < 1.29 is 0 Å². The topological polar surface area (TPSA) is 29.3 Å². The number of hydrogen-bond acceptors (Lipinski definition) is 2. The summed E-state index contributed by atoms with van der Waals surface area (Å²) in [5.41, 5.74) is 7.74. The van der Waals surface area contributed by atoms with Crippen molar-refractivity contribution in [2.45, 2.75) is 19.3 Å². The number of rotatable bonds is 5. The molecule has 1 aliphatic rings. The van der Waals surface area contributed by atoms with Gasteiger partial charge in [0, 0.05) is 24.8 Å². The summed E-state index contributed by atoms with van der Waals surface area (Å²) >= 11 is 4.93. The maximum absolute atomic E-state index is 5.56. The van der Waals surface area contributed by atoms with Crippen LogP contribution in [0.1, 0.15) is 24.8 Å². The summed E-state index contributed by atoms with van der Waals surface area (Å²) in [5, 5.41) is 0. The van der Waals surface area contributed by atoms with Crippen molar-refractivity contribution in [2.24, 2.45) is 11.7 Å². The normalized spacial score (nSPS) is 14.8. The summed E-state index contributed by atoms with van der Waals surface area (Å²) in [5.74, 6) is 0.985. The molecule has 0 aromatic heterocycles. The molecule has 0 aliphatic heterocycles. The van der Waals surface area contributed by atoms with Crippen LogP contribution in [0.3, 0.4) is 0 Å². The first-order chi connectivity index (χ1) is 7.66. The Morgan fingerprint density at radius 3 is 2.50 bits per heavy atom. The van der Waals surface area contributed by atoms with E-state index >= 15 is 0 Å². The van der Waals surface area contributed by atoms with E-state index in [1.54, 1.807) is 0 Å². The van der Waals surface area contributed by atoms with Gasteiger partial charge < -0.3 is 10.6 Å². The lowest BCUT2D eigenvalue weighted by molar-refractivity contribution is 0.711. The zero-order valence-corrected chi connectivity index (χ0v) is 10.5. The maximum atomic E-state index is 5.56. The van der Waals surface area contributed by atoms with Crippen molar-refractivity contribution in [3.63, 3.8) is 0 Å². The molecule has 0 saturated heterocycles. The van der Waals surface area contributed by atoms with E-state index in [0.29, 0.717) is 4.99 Å². The second-order valence-electron chi connectivity index (χ2n) is 4.56. The SMILES string of the molecule is CN(CCC1CC1)c1ccc(C(N)=S)cc1. The van der Waals surface area contributed by atoms with Crippen molar-refractivity contribution in [3.8, 4) is 0 Å². The summed E-state index contributed by atoms with van der Waals surface area (Å²) in [6.07, 6.45) is 4.16. The van der Waals surface area contributed by atoms with Crippen LogP contribution in [-0.4, -0.2) is 18.6 Å². The summed E-state index contributed by atoms with van der Waals surface area (Å²) in [6.45, 7) is 1.14. The predicted octanol–water partition coefficient (Wildman–Crippen LogP) is 2.56. The van der Waals surface area contributed by atoms with Crippen LogP contribution in [0.15, 0.2) is 24.3 Å². The number of nitrogens with zero attached hydrogens (tertiary/aromatic N) is 1. The molecule has 16 heavy (non-hydrogen) atoms. The molecule has 0 unspecified atom stereocenters. The van der Waals surface area contributed by atoms with Gasteiger partial charge in [0.25, 0.3) is 0 Å². The molecule has 2 nitrogen and oxygen atoms in total. The number of hydrogen-bond donors (Lipinski definition) is 1. The molecule has 2 rings (SSSR count). The lowest BCUT2D eigenvalue weighted by Crippen LogP contribution is -2.19. The summed E-state index contributed by atoms with van der Waals surface area (Å²) in [6, 6.07) is 8.15. The second-order valence-corrected chi connectivity index (χ2v) is 5.00. The van der Waals surface area contributed by atoms with Gasteiger partial charge in [-0.3, -0.25) is 0 Å². The van der Waals surface area contributed by atoms with Gasteiger partial charge >= 0.3 is 0 Å². The van der Waals surface area contributed by atoms with Gasteiger partial charge in [-0.15, -0.1) is 0 Å². The smallest absolute Gasteiger partial charge is 0.103 e. The Bertz CT molecular complexity index is 368. The molecular formula is C13H18N2S. The maximum Gasteiger partial charge on any atom is 0.103 e. The number of thiocarbonyl (C=S) groups is 1. The molecule has 86 valence electrons. The number of nitrogens with two attached hydrogens (primary N) is 1. The highest BCUT2D eigenvalue weighted by Crippen LogP contribution is 2.32. The Balaban J connectivity index is 1.93. The molecule has 1 saturated carbocycles. The van der Waals surface area contributed by atoms with Gasteiger partial charge in [0.1, 0.15) is 4.99 Å². The van der Waals surface area contributed by atoms with Crippen LogP contribution in [-0.2, 0) is 0 Å². The first-order valence-corrected chi connectivity index (χ1v) is 6.18. The summed E-state index contributed by atoms with van der Waals surface area (Å²) < 4.78 is 0. The average Bonchev–Trinajstić information content (AvgIpc) is 3.10. The quantitative estimate of drug-likeness (QED) is 0.794. The molecule has 1 aromatic carbocycles. The van der Waals surface area contributed by atoms with Crippen LogP contribution in [0.4, 0.5) is 5.69 Å². The van der Waals surface area contributed by atoms with E-state index in [1.807, 2.05) is 12.1 Å². The standard InChI is InChI=1S/C13H18N2S/c1-15(9-8-10-2-3-10)12-6-4-11(5-7-12)13(14)16/h4-7,10H,2-3,8-9H2,1H3,(H2,14,16). The minimum absolute atomic E-state index is 0.465. The minimum atomic E-state index is 0.465. The Morgan fingerprint density at radius 2 is 2.00 bits per heavy atom. The molecule has 0 atom stereocenters. The molecule has 1 fully saturated rings. The fraction of sp³-hybridized carbons (Fsp3) is 0.462. The van der Waals surface area contributed by atoms with Crippen LogP contribution in [0, 0.1) is 5.92 Å². The fourth-order valence-corrected chi connectivity index (χ4v) is 1.93. The monoisotopic (exact) mass is 234 g/mol. The van der Waals surface area contributed by atoms with Crippen LogP contribution < -0.4 is 10.6 Å². The van der Waals surface area contributed by atoms with Crippen molar-refractivity contribution in [3.05, 3.63) is 29.8 Å². The van der Waals surface area contributed by atoms with Gasteiger partial charge in [0.2, 0.25) is 0 Å². The fourth-order valence-electron chi connectivity index (χ4n) is 1.79. The highest BCUT2D eigenvalue weighted by molar-refractivity contribution is 7.80. The molecule has 0 radical (unpaired) electrons. The van der Waals surface area contributed by atoms with Crippen LogP contribution in [0.25, 0.3) is 0 Å². The van der Waals surface area contributed by atoms with E-state index in [-0.39, 0.29) is 0 Å². The Kier molecular flexibility index (Phi) is 3.44. The first kappa shape index (κ1) is 11.4. The highest BCUT2D eigenvalue weighted by atomic mass is 32.1. The lowest BCUT2D eigenvalue weighted by Gasteiger charge is -2.19. The molecule has 0 spiro atoms. The highest BCUT2D eigenvalue weighted by Gasteiger charge is 2.21. The Morgan fingerprint density at radius 1 is 1.38 bits per heavy atom. The van der Waals surface area contributed by atoms with Gasteiger partial charge in [0.15, 0.2) is 0 Å². The number of benzene rings is 1. The van der Waals surface area contributed by atoms with Crippen molar-refractivity contribution >= 4 is 22.9 Å². The van der Waals surface area contributed by atoms with E-state index in [9.17, 15) is 0 Å². The molecule has 2 N–H and O–H groups in total. The van der Waals surface area contributed by atoms with Crippen LogP contribution in [0.5, 0.6) is 0 Å². The zero-order valence-electron chi connectivity index (χ0n) is 9.65. The summed E-state index contributed by atoms with van der Waals surface area (Å²) in [4.78, 5) is 2.76. The van der Waals surface area contributed by atoms with Gasteiger partial charge in [-0.2, -0.15) is 0 Å². The Labute approximate surface area is 102 Å². The predicted molar refractivity (Wildman–Crippen MR) is 72.9 cm³/mol. The first-order valence-electron chi connectivity index (χ1n) is 5.78. The van der Waals surface area contributed by atoms with Gasteiger partial charge in [-0.1, -0.05) is 25.1 Å². The van der Waals surface area contributed by atoms with Gasteiger partial charge in [-0.05, 0) is 36.6 Å². The van der Waals surface area contributed by atoms with Crippen LogP contribution in [0.2, 0.25) is 0 Å². The van der Waals surface area contributed by atoms with Gasteiger partial charge in [-0.25, -0.2) is 0 Å². The average molecular weight is 234 g/mol. The van der Waals surface area contributed by atoms with E-state index < -0.39 is 0 Å². The third kappa shape index (κ3) is 2.95. The molecule has 3 heteroatoms. The molecule has 0 amide bonds.